The monoisotopic (exact) mass is 457 g/mol. The van der Waals surface area contributed by atoms with Crippen LogP contribution in [0.1, 0.15) is 5.56 Å². The molecule has 0 fully saturated rings. The van der Waals surface area contributed by atoms with Crippen molar-refractivity contribution in [1.29, 1.82) is 5.26 Å². The van der Waals surface area contributed by atoms with Gasteiger partial charge in [-0.1, -0.05) is 19.6 Å². The minimum atomic E-state index is -1.15. The number of nitrogens with zero attached hydrogens (tertiary/aromatic N) is 3. The summed E-state index contributed by atoms with van der Waals surface area (Å²) in [6.07, 6.45) is 1.55. The summed E-state index contributed by atoms with van der Waals surface area (Å²) in [4.78, 5) is 0. The molecule has 0 saturated carbocycles. The zero-order chi connectivity index (χ0) is 17.5. The highest BCUT2D eigenvalue weighted by molar-refractivity contribution is 14.1. The van der Waals surface area contributed by atoms with Crippen molar-refractivity contribution in [1.82, 2.24) is 9.78 Å². The molecule has 126 valence electrons. The Morgan fingerprint density at radius 1 is 1.46 bits per heavy atom. The second-order valence-electron chi connectivity index (χ2n) is 6.85. The maximum Gasteiger partial charge on any atom is 0.181 e. The van der Waals surface area contributed by atoms with Gasteiger partial charge in [-0.05, 0) is 34.7 Å². The molecule has 0 amide bonds. The van der Waals surface area contributed by atoms with Crippen LogP contribution in [-0.4, -0.2) is 24.5 Å². The van der Waals surface area contributed by atoms with Gasteiger partial charge in [0.15, 0.2) is 17.0 Å². The van der Waals surface area contributed by atoms with Crippen molar-refractivity contribution in [2.45, 2.75) is 32.4 Å². The number of benzene rings is 1. The summed E-state index contributed by atoms with van der Waals surface area (Å²) in [5, 5.41) is 14.0. The largest absolute Gasteiger partial charge is 0.450 e. The van der Waals surface area contributed by atoms with Crippen LogP contribution in [0, 0.1) is 20.7 Å². The van der Waals surface area contributed by atoms with Crippen molar-refractivity contribution in [2.24, 2.45) is 0 Å². The maximum absolute atomic E-state index is 14.4. The molecule has 3 aromatic rings. The average Bonchev–Trinajstić information content (AvgIpc) is 3.06. The van der Waals surface area contributed by atoms with Crippen LogP contribution in [0.15, 0.2) is 16.7 Å². The topological polar surface area (TPSA) is 64.0 Å². The third-order valence-electron chi connectivity index (χ3n) is 3.77. The summed E-state index contributed by atoms with van der Waals surface area (Å²) in [7, 11) is -1.15. The van der Waals surface area contributed by atoms with Crippen molar-refractivity contribution >= 4 is 52.7 Å². The van der Waals surface area contributed by atoms with Crippen molar-refractivity contribution in [3.8, 4) is 6.07 Å². The van der Waals surface area contributed by atoms with Gasteiger partial charge in [-0.3, -0.25) is 0 Å². The minimum absolute atomic E-state index is 0.154. The Kier molecular flexibility index (Phi) is 4.68. The van der Waals surface area contributed by atoms with E-state index in [2.05, 4.69) is 24.7 Å². The smallest absolute Gasteiger partial charge is 0.181 e. The van der Waals surface area contributed by atoms with E-state index >= 15 is 0 Å². The van der Waals surface area contributed by atoms with E-state index in [4.69, 9.17) is 9.15 Å². The normalized spacial score (nSPS) is 12.2. The number of hydrogen-bond acceptors (Lipinski definition) is 4. The molecule has 0 aliphatic carbocycles. The van der Waals surface area contributed by atoms with E-state index in [9.17, 15) is 9.65 Å². The standard InChI is InChI=1S/C16H17FIN3O2Si/c1-24(2,3)5-4-22-9-21-15-11-6-10(7-19)14(18)13(17)16(11)23-12(15)8-20-21/h6,8H,4-5,9H2,1-3H3. The molecule has 0 N–H and O–H groups in total. The van der Waals surface area contributed by atoms with E-state index in [0.717, 1.165) is 6.04 Å². The molecule has 0 unspecified atom stereocenters. The van der Waals surface area contributed by atoms with Crippen LogP contribution in [-0.2, 0) is 11.5 Å². The zero-order valence-electron chi connectivity index (χ0n) is 13.7. The lowest BCUT2D eigenvalue weighted by molar-refractivity contribution is 0.0818. The molecule has 5 nitrogen and oxygen atoms in total. The number of halogens is 2. The van der Waals surface area contributed by atoms with Gasteiger partial charge in [0, 0.05) is 14.7 Å². The van der Waals surface area contributed by atoms with E-state index < -0.39 is 13.9 Å². The molecule has 2 heterocycles. The van der Waals surface area contributed by atoms with Crippen LogP contribution in [0.25, 0.3) is 22.1 Å². The van der Waals surface area contributed by atoms with Crippen molar-refractivity contribution in [3.05, 3.63) is 27.2 Å². The first-order valence-electron chi connectivity index (χ1n) is 7.55. The number of ether oxygens (including phenoxy) is 1. The molecule has 0 bridgehead atoms. The van der Waals surface area contributed by atoms with Gasteiger partial charge in [-0.25, -0.2) is 9.07 Å². The summed E-state index contributed by atoms with van der Waals surface area (Å²) in [5.74, 6) is -0.507. The third-order valence-corrected chi connectivity index (χ3v) is 6.52. The van der Waals surface area contributed by atoms with Crippen LogP contribution in [0.2, 0.25) is 25.7 Å². The van der Waals surface area contributed by atoms with Gasteiger partial charge in [0.05, 0.1) is 20.7 Å². The predicted octanol–water partition coefficient (Wildman–Crippen LogP) is 4.71. The highest BCUT2D eigenvalue weighted by Crippen LogP contribution is 2.34. The summed E-state index contributed by atoms with van der Waals surface area (Å²) < 4.78 is 27.7. The van der Waals surface area contributed by atoms with Crippen LogP contribution in [0.4, 0.5) is 4.39 Å². The second-order valence-corrected chi connectivity index (χ2v) is 13.5. The predicted molar refractivity (Wildman–Crippen MR) is 101 cm³/mol. The molecule has 0 spiro atoms. The molecule has 24 heavy (non-hydrogen) atoms. The van der Waals surface area contributed by atoms with Crippen LogP contribution in [0.5, 0.6) is 0 Å². The van der Waals surface area contributed by atoms with E-state index in [0.29, 0.717) is 23.1 Å². The number of furan rings is 1. The first-order chi connectivity index (χ1) is 11.3. The molecule has 0 atom stereocenters. The molecule has 0 aliphatic heterocycles. The molecule has 2 aromatic heterocycles. The fourth-order valence-corrected chi connectivity index (χ4v) is 3.70. The van der Waals surface area contributed by atoms with Crippen molar-refractivity contribution in [2.75, 3.05) is 6.61 Å². The Labute approximate surface area is 153 Å². The van der Waals surface area contributed by atoms with Crippen molar-refractivity contribution < 1.29 is 13.5 Å². The van der Waals surface area contributed by atoms with Gasteiger partial charge in [-0.15, -0.1) is 0 Å². The summed E-state index contributed by atoms with van der Waals surface area (Å²) in [6.45, 7) is 7.82. The Balaban J connectivity index is 1.96. The molecule has 8 heteroatoms. The Bertz CT molecular complexity index is 952. The van der Waals surface area contributed by atoms with E-state index in [1.165, 1.54) is 0 Å². The molecular weight excluding hydrogens is 440 g/mol. The van der Waals surface area contributed by atoms with E-state index in [1.807, 2.05) is 28.7 Å². The number of nitriles is 1. The molecule has 0 radical (unpaired) electrons. The highest BCUT2D eigenvalue weighted by atomic mass is 127. The molecule has 3 rings (SSSR count). The molecular formula is C16H17FIN3O2Si. The number of hydrogen-bond donors (Lipinski definition) is 0. The molecule has 0 aliphatic rings. The Morgan fingerprint density at radius 3 is 2.88 bits per heavy atom. The lowest BCUT2D eigenvalue weighted by Gasteiger charge is -2.15. The van der Waals surface area contributed by atoms with Crippen LogP contribution >= 0.6 is 22.6 Å². The maximum atomic E-state index is 14.4. The van der Waals surface area contributed by atoms with Gasteiger partial charge >= 0.3 is 0 Å². The van der Waals surface area contributed by atoms with E-state index in [-0.39, 0.29) is 21.4 Å². The minimum Gasteiger partial charge on any atom is -0.450 e. The zero-order valence-corrected chi connectivity index (χ0v) is 16.8. The first kappa shape index (κ1) is 17.4. The van der Waals surface area contributed by atoms with E-state index in [1.54, 1.807) is 16.9 Å². The third kappa shape index (κ3) is 3.20. The quantitative estimate of drug-likeness (QED) is 0.316. The van der Waals surface area contributed by atoms with Gasteiger partial charge in [-0.2, -0.15) is 10.4 Å². The number of fused-ring (bicyclic) bond motifs is 3. The lowest BCUT2D eigenvalue weighted by Crippen LogP contribution is -2.22. The summed E-state index contributed by atoms with van der Waals surface area (Å²) in [5.41, 5.74) is 1.59. The second kappa shape index (κ2) is 6.46. The first-order valence-corrected chi connectivity index (χ1v) is 12.3. The highest BCUT2D eigenvalue weighted by Gasteiger charge is 2.20. The average molecular weight is 457 g/mol. The Hall–Kier alpha value is -1.44. The lowest BCUT2D eigenvalue weighted by atomic mass is 10.1. The van der Waals surface area contributed by atoms with Gasteiger partial charge in [0.2, 0.25) is 0 Å². The molecule has 0 saturated heterocycles. The SMILES string of the molecule is C[Si](C)(C)CCOCn1ncc2oc3c(F)c(I)c(C#N)cc3c21. The van der Waals surface area contributed by atoms with Gasteiger partial charge in [0.25, 0.3) is 0 Å². The van der Waals surface area contributed by atoms with Gasteiger partial charge < -0.3 is 9.15 Å². The summed E-state index contributed by atoms with van der Waals surface area (Å²) >= 11 is 1.82. The number of aromatic nitrogens is 2. The Morgan fingerprint density at radius 2 is 2.21 bits per heavy atom. The van der Waals surface area contributed by atoms with Crippen LogP contribution < -0.4 is 0 Å². The fraction of sp³-hybridized carbons (Fsp3) is 0.375. The summed E-state index contributed by atoms with van der Waals surface area (Å²) in [6, 6.07) is 4.73. The van der Waals surface area contributed by atoms with Gasteiger partial charge in [0.1, 0.15) is 18.3 Å². The fourth-order valence-electron chi connectivity index (χ4n) is 2.42. The number of rotatable bonds is 5. The molecule has 1 aromatic carbocycles. The van der Waals surface area contributed by atoms with Crippen molar-refractivity contribution in [3.63, 3.8) is 0 Å². The van der Waals surface area contributed by atoms with Crippen LogP contribution in [0.3, 0.4) is 0 Å².